The van der Waals surface area contributed by atoms with E-state index in [1.54, 1.807) is 0 Å². The minimum absolute atomic E-state index is 0.380. The highest BCUT2D eigenvalue weighted by molar-refractivity contribution is 8.00. The summed E-state index contributed by atoms with van der Waals surface area (Å²) in [7, 11) is 0. The fourth-order valence-electron chi connectivity index (χ4n) is 0.236. The van der Waals surface area contributed by atoms with Crippen LogP contribution in [0.3, 0.4) is 0 Å². The van der Waals surface area contributed by atoms with Crippen LogP contribution in [-0.4, -0.2) is 10.4 Å². The van der Waals surface area contributed by atoms with Crippen molar-refractivity contribution < 1.29 is 0 Å². The van der Waals surface area contributed by atoms with E-state index in [4.69, 9.17) is 0 Å². The SMILES string of the molecule is CC(C)NC(=S)[S-]. The predicted molar refractivity (Wildman–Crippen MR) is 38.2 cm³/mol. The van der Waals surface area contributed by atoms with Gasteiger partial charge in [-0.3, -0.25) is 0 Å². The molecule has 0 radical (unpaired) electrons. The Labute approximate surface area is 54.9 Å². The van der Waals surface area contributed by atoms with Crippen molar-refractivity contribution in [2.24, 2.45) is 0 Å². The van der Waals surface area contributed by atoms with E-state index in [9.17, 15) is 0 Å². The lowest BCUT2D eigenvalue weighted by Gasteiger charge is -2.11. The number of hydrogen-bond acceptors (Lipinski definition) is 2. The van der Waals surface area contributed by atoms with Crippen LogP contribution >= 0.6 is 12.2 Å². The van der Waals surface area contributed by atoms with Crippen LogP contribution in [0.4, 0.5) is 0 Å². The van der Waals surface area contributed by atoms with Crippen LogP contribution in [0.2, 0.25) is 0 Å². The van der Waals surface area contributed by atoms with Gasteiger partial charge in [-0.1, -0.05) is 4.32 Å². The highest BCUT2D eigenvalue weighted by Gasteiger charge is 1.82. The Morgan fingerprint density at radius 3 is 2.14 bits per heavy atom. The second kappa shape index (κ2) is 3.16. The first-order valence-electron chi connectivity index (χ1n) is 2.10. The molecule has 0 saturated heterocycles. The van der Waals surface area contributed by atoms with E-state index in [0.29, 0.717) is 10.4 Å². The summed E-state index contributed by atoms with van der Waals surface area (Å²) in [6, 6.07) is 0.380. The Balaban J connectivity index is 3.13. The summed E-state index contributed by atoms with van der Waals surface area (Å²) in [5.74, 6) is 0. The van der Waals surface area contributed by atoms with E-state index in [1.165, 1.54) is 0 Å². The summed E-state index contributed by atoms with van der Waals surface area (Å²) < 4.78 is 0.454. The molecule has 0 bridgehead atoms. The molecule has 3 heteroatoms. The maximum absolute atomic E-state index is 4.58. The van der Waals surface area contributed by atoms with Gasteiger partial charge in [-0.2, -0.15) is 0 Å². The summed E-state index contributed by atoms with van der Waals surface area (Å²) in [5, 5.41) is 2.85. The van der Waals surface area contributed by atoms with Crippen LogP contribution in [0.1, 0.15) is 13.8 Å². The molecule has 0 aliphatic heterocycles. The molecule has 42 valence electrons. The van der Waals surface area contributed by atoms with Gasteiger partial charge in [0.25, 0.3) is 0 Å². The van der Waals surface area contributed by atoms with Crippen LogP contribution in [0.25, 0.3) is 0 Å². The van der Waals surface area contributed by atoms with Gasteiger partial charge in [-0.05, 0) is 13.8 Å². The van der Waals surface area contributed by atoms with E-state index >= 15 is 0 Å². The highest BCUT2D eigenvalue weighted by atomic mass is 32.1. The van der Waals surface area contributed by atoms with Gasteiger partial charge in [0, 0.05) is 6.04 Å². The van der Waals surface area contributed by atoms with Crippen molar-refractivity contribution >= 4 is 29.2 Å². The van der Waals surface area contributed by atoms with Gasteiger partial charge in [-0.15, -0.1) is 0 Å². The quantitative estimate of drug-likeness (QED) is 0.421. The van der Waals surface area contributed by atoms with Crippen LogP contribution in [0.15, 0.2) is 0 Å². The zero-order valence-corrected chi connectivity index (χ0v) is 6.03. The molecule has 7 heavy (non-hydrogen) atoms. The number of rotatable bonds is 1. The van der Waals surface area contributed by atoms with Crippen molar-refractivity contribution in [1.82, 2.24) is 5.32 Å². The fourth-order valence-corrected chi connectivity index (χ4v) is 0.707. The smallest absolute Gasteiger partial charge is 0.0189 e. The van der Waals surface area contributed by atoms with Crippen molar-refractivity contribution in [3.05, 3.63) is 0 Å². The molecule has 1 nitrogen and oxygen atoms in total. The van der Waals surface area contributed by atoms with Crippen molar-refractivity contribution in [3.8, 4) is 0 Å². The second-order valence-corrected chi connectivity index (χ2v) is 2.66. The standard InChI is InChI=1S/C4H9NS2/c1-3(2)5-4(6)7/h3H,1-2H3,(H2,5,6,7)/p-1. The van der Waals surface area contributed by atoms with E-state index in [0.717, 1.165) is 0 Å². The first-order valence-corrected chi connectivity index (χ1v) is 2.92. The molecule has 0 aromatic carbocycles. The molecule has 1 N–H and O–H groups in total. The van der Waals surface area contributed by atoms with E-state index < -0.39 is 0 Å². The Kier molecular flexibility index (Phi) is 3.21. The number of hydrogen-bond donors (Lipinski definition) is 1. The molecule has 0 atom stereocenters. The predicted octanol–water partition coefficient (Wildman–Crippen LogP) is 0.816. The average molecular weight is 134 g/mol. The Bertz CT molecular complexity index is 70.1. The molecular formula is C4H8NS2-. The first kappa shape index (κ1) is 7.11. The minimum Gasteiger partial charge on any atom is -0.412 e. The maximum atomic E-state index is 4.58. The number of nitrogens with one attached hydrogen (secondary N) is 1. The van der Waals surface area contributed by atoms with Gasteiger partial charge in [0.1, 0.15) is 0 Å². The van der Waals surface area contributed by atoms with Crippen molar-refractivity contribution in [3.63, 3.8) is 0 Å². The molecule has 0 aromatic heterocycles. The Morgan fingerprint density at radius 1 is 1.71 bits per heavy atom. The lowest BCUT2D eigenvalue weighted by molar-refractivity contribution is 0.747. The molecule has 0 aromatic rings. The molecule has 0 aliphatic rings. The molecule has 0 fully saturated rings. The third-order valence-corrected chi connectivity index (χ3v) is 0.642. The molecule has 0 aliphatic carbocycles. The first-order chi connectivity index (χ1) is 3.13. The summed E-state index contributed by atoms with van der Waals surface area (Å²) in [6.07, 6.45) is 0. The van der Waals surface area contributed by atoms with Crippen LogP contribution < -0.4 is 5.32 Å². The Morgan fingerprint density at radius 2 is 2.14 bits per heavy atom. The molecule has 0 amide bonds. The Hall–Kier alpha value is 0.110. The summed E-state index contributed by atoms with van der Waals surface area (Å²) in [5.41, 5.74) is 0. The molecule has 0 saturated carbocycles. The van der Waals surface area contributed by atoms with Gasteiger partial charge < -0.3 is 30.2 Å². The molecule has 0 heterocycles. The van der Waals surface area contributed by atoms with Crippen molar-refractivity contribution in [1.29, 1.82) is 0 Å². The third-order valence-electron chi connectivity index (χ3n) is 0.407. The van der Waals surface area contributed by atoms with Crippen LogP contribution in [-0.2, 0) is 12.6 Å². The molecule has 0 spiro atoms. The van der Waals surface area contributed by atoms with E-state index in [2.05, 4.69) is 30.2 Å². The second-order valence-electron chi connectivity index (χ2n) is 1.59. The van der Waals surface area contributed by atoms with Crippen molar-refractivity contribution in [2.45, 2.75) is 19.9 Å². The molecule has 0 unspecified atom stereocenters. The average Bonchev–Trinajstić information content (AvgIpc) is 1.27. The summed E-state index contributed by atoms with van der Waals surface area (Å²) >= 11 is 9.15. The monoisotopic (exact) mass is 134 g/mol. The summed E-state index contributed by atoms with van der Waals surface area (Å²) in [4.78, 5) is 0. The zero-order chi connectivity index (χ0) is 5.86. The minimum atomic E-state index is 0.380. The largest absolute Gasteiger partial charge is 0.412 e. The fraction of sp³-hybridized carbons (Fsp3) is 0.750. The van der Waals surface area contributed by atoms with Crippen LogP contribution in [0, 0.1) is 0 Å². The normalized spacial score (nSPS) is 9.00. The van der Waals surface area contributed by atoms with E-state index in [-0.39, 0.29) is 0 Å². The third kappa shape index (κ3) is 6.11. The lowest BCUT2D eigenvalue weighted by Crippen LogP contribution is -2.26. The lowest BCUT2D eigenvalue weighted by atomic mass is 10.4. The van der Waals surface area contributed by atoms with E-state index in [1.807, 2.05) is 13.8 Å². The highest BCUT2D eigenvalue weighted by Crippen LogP contribution is 1.75. The molecule has 0 rings (SSSR count). The molecular weight excluding hydrogens is 126 g/mol. The van der Waals surface area contributed by atoms with Gasteiger partial charge in [0.15, 0.2) is 0 Å². The van der Waals surface area contributed by atoms with Gasteiger partial charge in [-0.25, -0.2) is 0 Å². The zero-order valence-electron chi connectivity index (χ0n) is 4.39. The van der Waals surface area contributed by atoms with Gasteiger partial charge in [0.2, 0.25) is 0 Å². The number of thiocarbonyl (C=S) groups is 1. The summed E-state index contributed by atoms with van der Waals surface area (Å²) in [6.45, 7) is 4.00. The van der Waals surface area contributed by atoms with Gasteiger partial charge in [0.05, 0.1) is 0 Å². The topological polar surface area (TPSA) is 12.0 Å². The van der Waals surface area contributed by atoms with Crippen LogP contribution in [0.5, 0.6) is 0 Å². The van der Waals surface area contributed by atoms with Gasteiger partial charge >= 0.3 is 0 Å². The maximum Gasteiger partial charge on any atom is 0.0189 e. The van der Waals surface area contributed by atoms with Crippen molar-refractivity contribution in [2.75, 3.05) is 0 Å².